The predicted octanol–water partition coefficient (Wildman–Crippen LogP) is 7.32. The number of amides is 1. The van der Waals surface area contributed by atoms with Crippen LogP contribution in [-0.4, -0.2) is 26.1 Å². The number of esters is 1. The SMILES string of the molecule is COC(=O)c1c(-c2ccc3c(c2)CCCC3)csc1NC(=O)/C=C/c1ccc(OCc2ccccc2)c(OC)c1. The lowest BCUT2D eigenvalue weighted by Crippen LogP contribution is -2.11. The molecule has 204 valence electrons. The lowest BCUT2D eigenvalue weighted by atomic mass is 9.89. The van der Waals surface area contributed by atoms with Crippen molar-refractivity contribution in [2.24, 2.45) is 0 Å². The summed E-state index contributed by atoms with van der Waals surface area (Å²) in [5, 5.41) is 5.22. The van der Waals surface area contributed by atoms with Crippen molar-refractivity contribution >= 4 is 34.3 Å². The Morgan fingerprint density at radius 2 is 1.73 bits per heavy atom. The van der Waals surface area contributed by atoms with Crippen molar-refractivity contribution in [2.45, 2.75) is 32.3 Å². The zero-order valence-corrected chi connectivity index (χ0v) is 23.4. The molecular weight excluding hydrogens is 522 g/mol. The van der Waals surface area contributed by atoms with E-state index in [0.717, 1.165) is 35.1 Å². The number of benzene rings is 3. The molecule has 40 heavy (non-hydrogen) atoms. The molecule has 0 fully saturated rings. The summed E-state index contributed by atoms with van der Waals surface area (Å²) in [7, 11) is 2.93. The number of ether oxygens (including phenoxy) is 3. The molecule has 0 aliphatic heterocycles. The number of carbonyl (C=O) groups excluding carboxylic acids is 2. The summed E-state index contributed by atoms with van der Waals surface area (Å²) in [5.74, 6) is 0.347. The summed E-state index contributed by atoms with van der Waals surface area (Å²) in [6.45, 7) is 0.422. The fourth-order valence-corrected chi connectivity index (χ4v) is 5.80. The van der Waals surface area contributed by atoms with Gasteiger partial charge in [0.15, 0.2) is 11.5 Å². The van der Waals surface area contributed by atoms with E-state index in [1.54, 1.807) is 13.2 Å². The fraction of sp³-hybridized carbons (Fsp3) is 0.212. The fourth-order valence-electron chi connectivity index (χ4n) is 4.84. The second-order valence-corrected chi connectivity index (χ2v) is 10.4. The molecule has 1 aliphatic rings. The number of rotatable bonds is 9. The molecule has 7 heteroatoms. The van der Waals surface area contributed by atoms with Crippen molar-refractivity contribution in [1.29, 1.82) is 0 Å². The van der Waals surface area contributed by atoms with Crippen LogP contribution in [0.1, 0.15) is 45.5 Å². The van der Waals surface area contributed by atoms with Gasteiger partial charge in [0, 0.05) is 17.0 Å². The Hall–Kier alpha value is -4.36. The van der Waals surface area contributed by atoms with E-state index in [0.29, 0.717) is 28.7 Å². The van der Waals surface area contributed by atoms with Gasteiger partial charge in [-0.05, 0) is 71.7 Å². The largest absolute Gasteiger partial charge is 0.493 e. The molecule has 1 heterocycles. The topological polar surface area (TPSA) is 73.9 Å². The minimum atomic E-state index is -0.482. The summed E-state index contributed by atoms with van der Waals surface area (Å²) in [6.07, 6.45) is 7.63. The number of aryl methyl sites for hydroxylation is 2. The van der Waals surface area contributed by atoms with Gasteiger partial charge < -0.3 is 19.5 Å². The van der Waals surface area contributed by atoms with Crippen molar-refractivity contribution in [3.8, 4) is 22.6 Å². The van der Waals surface area contributed by atoms with E-state index in [1.807, 2.05) is 60.0 Å². The highest BCUT2D eigenvalue weighted by Crippen LogP contribution is 2.38. The number of fused-ring (bicyclic) bond motifs is 1. The minimum Gasteiger partial charge on any atom is -0.493 e. The second kappa shape index (κ2) is 12.7. The Balaban J connectivity index is 1.30. The lowest BCUT2D eigenvalue weighted by Gasteiger charge is -2.16. The van der Waals surface area contributed by atoms with Gasteiger partial charge in [0.05, 0.1) is 14.2 Å². The third kappa shape index (κ3) is 6.26. The first-order valence-corrected chi connectivity index (χ1v) is 14.1. The lowest BCUT2D eigenvalue weighted by molar-refractivity contribution is -0.111. The van der Waals surface area contributed by atoms with Crippen molar-refractivity contribution in [1.82, 2.24) is 0 Å². The molecule has 1 amide bonds. The molecule has 0 saturated carbocycles. The summed E-state index contributed by atoms with van der Waals surface area (Å²) >= 11 is 1.31. The maximum Gasteiger partial charge on any atom is 0.341 e. The molecule has 0 saturated heterocycles. The smallest absolute Gasteiger partial charge is 0.341 e. The van der Waals surface area contributed by atoms with Gasteiger partial charge in [0.25, 0.3) is 0 Å². The number of hydrogen-bond acceptors (Lipinski definition) is 6. The van der Waals surface area contributed by atoms with Crippen LogP contribution in [0.4, 0.5) is 5.00 Å². The Kier molecular flexibility index (Phi) is 8.62. The second-order valence-electron chi connectivity index (χ2n) is 9.54. The van der Waals surface area contributed by atoms with Crippen LogP contribution < -0.4 is 14.8 Å². The summed E-state index contributed by atoms with van der Waals surface area (Å²) < 4.78 is 16.5. The molecule has 1 aromatic heterocycles. The third-order valence-corrected chi connectivity index (χ3v) is 7.82. The zero-order chi connectivity index (χ0) is 27.9. The molecule has 1 N–H and O–H groups in total. The van der Waals surface area contributed by atoms with Crippen molar-refractivity contribution in [3.63, 3.8) is 0 Å². The normalized spacial score (nSPS) is 12.6. The zero-order valence-electron chi connectivity index (χ0n) is 22.6. The van der Waals surface area contributed by atoms with E-state index in [-0.39, 0.29) is 5.91 Å². The first-order chi connectivity index (χ1) is 19.6. The summed E-state index contributed by atoms with van der Waals surface area (Å²) in [4.78, 5) is 25.6. The van der Waals surface area contributed by atoms with E-state index in [1.165, 1.54) is 48.5 Å². The first kappa shape index (κ1) is 27.2. The molecule has 4 aromatic rings. The highest BCUT2D eigenvalue weighted by Gasteiger charge is 2.23. The molecule has 0 bridgehead atoms. The monoisotopic (exact) mass is 553 g/mol. The number of carbonyl (C=O) groups is 2. The molecule has 5 rings (SSSR count). The Labute approximate surface area is 238 Å². The van der Waals surface area contributed by atoms with Gasteiger partial charge >= 0.3 is 5.97 Å². The van der Waals surface area contributed by atoms with E-state index >= 15 is 0 Å². The van der Waals surface area contributed by atoms with E-state index in [9.17, 15) is 9.59 Å². The average molecular weight is 554 g/mol. The number of hydrogen-bond donors (Lipinski definition) is 1. The van der Waals surface area contributed by atoms with Crippen LogP contribution in [0.25, 0.3) is 17.2 Å². The molecule has 0 radical (unpaired) electrons. The summed E-state index contributed by atoms with van der Waals surface area (Å²) in [6, 6.07) is 21.7. The number of nitrogens with one attached hydrogen (secondary N) is 1. The Morgan fingerprint density at radius 1 is 0.925 bits per heavy atom. The molecular formula is C33H31NO5S. The molecule has 1 aliphatic carbocycles. The van der Waals surface area contributed by atoms with E-state index in [4.69, 9.17) is 14.2 Å². The van der Waals surface area contributed by atoms with Gasteiger partial charge in [-0.15, -0.1) is 11.3 Å². The average Bonchev–Trinajstić information content (AvgIpc) is 3.42. The van der Waals surface area contributed by atoms with Gasteiger partial charge in [-0.2, -0.15) is 0 Å². The van der Waals surface area contributed by atoms with Crippen LogP contribution in [0, 0.1) is 0 Å². The molecule has 3 aromatic carbocycles. The van der Waals surface area contributed by atoms with Crippen molar-refractivity contribution in [3.05, 3.63) is 106 Å². The first-order valence-electron chi connectivity index (χ1n) is 13.2. The maximum atomic E-state index is 12.9. The van der Waals surface area contributed by atoms with Crippen LogP contribution in [0.3, 0.4) is 0 Å². The predicted molar refractivity (Wildman–Crippen MR) is 159 cm³/mol. The van der Waals surface area contributed by atoms with Crippen LogP contribution in [-0.2, 0) is 29.0 Å². The van der Waals surface area contributed by atoms with Crippen LogP contribution in [0.2, 0.25) is 0 Å². The van der Waals surface area contributed by atoms with Gasteiger partial charge in [-0.3, -0.25) is 4.79 Å². The van der Waals surface area contributed by atoms with E-state index < -0.39 is 5.97 Å². The Morgan fingerprint density at radius 3 is 2.50 bits per heavy atom. The van der Waals surface area contributed by atoms with Gasteiger partial charge in [0.1, 0.15) is 17.2 Å². The molecule has 0 spiro atoms. The highest BCUT2D eigenvalue weighted by molar-refractivity contribution is 7.15. The van der Waals surface area contributed by atoms with Crippen LogP contribution >= 0.6 is 11.3 Å². The van der Waals surface area contributed by atoms with Crippen LogP contribution in [0.15, 0.2) is 78.2 Å². The standard InChI is InChI=1S/C33H31NO5S/c1-37-29-18-22(12-16-28(29)39-20-23-8-4-3-5-9-23)13-17-30(35)34-32-31(33(36)38-2)27(21-40-32)26-15-14-24-10-6-7-11-25(24)19-26/h3-5,8-9,12-19,21H,6-7,10-11,20H2,1-2H3,(H,34,35)/b17-13+. The number of thiophene rings is 1. The third-order valence-electron chi connectivity index (χ3n) is 6.93. The highest BCUT2D eigenvalue weighted by atomic mass is 32.1. The quantitative estimate of drug-likeness (QED) is 0.174. The van der Waals surface area contributed by atoms with Gasteiger partial charge in [-0.25, -0.2) is 4.79 Å². The van der Waals surface area contributed by atoms with Crippen LogP contribution in [0.5, 0.6) is 11.5 Å². The molecule has 0 atom stereocenters. The summed E-state index contributed by atoms with van der Waals surface area (Å²) in [5.41, 5.74) is 6.61. The van der Waals surface area contributed by atoms with E-state index in [2.05, 4.69) is 17.4 Å². The molecule has 0 unspecified atom stereocenters. The van der Waals surface area contributed by atoms with Gasteiger partial charge in [0.2, 0.25) is 5.91 Å². The number of methoxy groups -OCH3 is 2. The maximum absolute atomic E-state index is 12.9. The Bertz CT molecular complexity index is 1540. The number of anilines is 1. The van der Waals surface area contributed by atoms with Crippen molar-refractivity contribution < 1.29 is 23.8 Å². The molecule has 6 nitrogen and oxygen atoms in total. The van der Waals surface area contributed by atoms with Gasteiger partial charge in [-0.1, -0.05) is 54.6 Å². The van der Waals surface area contributed by atoms with Crippen molar-refractivity contribution in [2.75, 3.05) is 19.5 Å². The minimum absolute atomic E-state index is 0.354.